The molecule has 1 fully saturated rings. The molecule has 1 rings (SSSR count). The van der Waals surface area contributed by atoms with Crippen molar-refractivity contribution in [2.45, 2.75) is 46.4 Å². The van der Waals surface area contributed by atoms with Gasteiger partial charge in [-0.3, -0.25) is 5.32 Å². The number of rotatable bonds is 0. The van der Waals surface area contributed by atoms with Crippen molar-refractivity contribution >= 4 is 0 Å². The molecule has 0 aromatic heterocycles. The minimum absolute atomic E-state index is 0.146. The number of hydrogen-bond acceptors (Lipinski definition) is 2. The Morgan fingerprint density at radius 2 is 2.00 bits per heavy atom. The zero-order valence-corrected chi connectivity index (χ0v) is 8.19. The Balaban J connectivity index is 2.69. The minimum atomic E-state index is -0.146. The van der Waals surface area contributed by atoms with Crippen molar-refractivity contribution in [2.24, 2.45) is 5.41 Å². The zero-order chi connectivity index (χ0) is 8.70. The first-order valence-corrected chi connectivity index (χ1v) is 4.28. The van der Waals surface area contributed by atoms with Gasteiger partial charge in [-0.05, 0) is 13.8 Å². The number of ether oxygens (including phenoxy) is 1. The van der Waals surface area contributed by atoms with E-state index in [9.17, 15) is 0 Å². The van der Waals surface area contributed by atoms with E-state index in [4.69, 9.17) is 4.74 Å². The van der Waals surface area contributed by atoms with Gasteiger partial charge in [0.1, 0.15) is 5.72 Å². The van der Waals surface area contributed by atoms with Crippen molar-refractivity contribution in [3.05, 3.63) is 0 Å². The van der Waals surface area contributed by atoms with Crippen molar-refractivity contribution < 1.29 is 4.74 Å². The fourth-order valence-electron chi connectivity index (χ4n) is 1.27. The summed E-state index contributed by atoms with van der Waals surface area (Å²) in [5.74, 6) is 0. The normalized spacial score (nSPS) is 39.5. The lowest BCUT2D eigenvalue weighted by Crippen LogP contribution is -2.49. The van der Waals surface area contributed by atoms with Crippen LogP contribution in [0.5, 0.6) is 0 Å². The van der Waals surface area contributed by atoms with Gasteiger partial charge in [-0.1, -0.05) is 20.8 Å². The van der Waals surface area contributed by atoms with Crippen molar-refractivity contribution in [3.8, 4) is 0 Å². The van der Waals surface area contributed by atoms with Crippen LogP contribution in [0, 0.1) is 5.41 Å². The summed E-state index contributed by atoms with van der Waals surface area (Å²) in [5, 5.41) is 3.40. The van der Waals surface area contributed by atoms with Crippen LogP contribution in [-0.2, 0) is 4.74 Å². The Morgan fingerprint density at radius 1 is 1.45 bits per heavy atom. The minimum Gasteiger partial charge on any atom is -0.356 e. The van der Waals surface area contributed by atoms with Crippen LogP contribution in [0.25, 0.3) is 0 Å². The molecule has 66 valence electrons. The molecule has 0 aliphatic carbocycles. The molecule has 11 heavy (non-hydrogen) atoms. The summed E-state index contributed by atoms with van der Waals surface area (Å²) in [5.41, 5.74) is 0.0180. The number of hydrogen-bond donors (Lipinski definition) is 1. The van der Waals surface area contributed by atoms with Gasteiger partial charge in [0.25, 0.3) is 0 Å². The summed E-state index contributed by atoms with van der Waals surface area (Å²) in [6, 6.07) is 0. The van der Waals surface area contributed by atoms with E-state index in [2.05, 4.69) is 39.9 Å². The first-order valence-electron chi connectivity index (χ1n) is 4.28. The van der Waals surface area contributed by atoms with Crippen molar-refractivity contribution in [3.63, 3.8) is 0 Å². The molecule has 2 nitrogen and oxygen atoms in total. The fraction of sp³-hybridized carbons (Fsp3) is 1.00. The molecule has 1 aliphatic rings. The maximum atomic E-state index is 5.80. The maximum absolute atomic E-state index is 5.80. The summed E-state index contributed by atoms with van der Waals surface area (Å²) < 4.78 is 5.80. The molecule has 0 saturated carbocycles. The molecule has 2 unspecified atom stereocenters. The summed E-state index contributed by atoms with van der Waals surface area (Å²) in [6.07, 6.45) is 0.347. The van der Waals surface area contributed by atoms with E-state index in [-0.39, 0.29) is 11.1 Å². The smallest absolute Gasteiger partial charge is 0.121 e. The summed E-state index contributed by atoms with van der Waals surface area (Å²) >= 11 is 0. The molecular formula is C9H19NO. The fourth-order valence-corrected chi connectivity index (χ4v) is 1.27. The van der Waals surface area contributed by atoms with E-state index in [1.165, 1.54) is 0 Å². The second-order valence-corrected chi connectivity index (χ2v) is 4.59. The molecule has 1 N–H and O–H groups in total. The molecule has 0 aromatic rings. The van der Waals surface area contributed by atoms with Gasteiger partial charge in [0.05, 0.1) is 6.10 Å². The van der Waals surface area contributed by atoms with Crippen LogP contribution < -0.4 is 5.32 Å². The quantitative estimate of drug-likeness (QED) is 0.578. The monoisotopic (exact) mass is 157 g/mol. The van der Waals surface area contributed by atoms with E-state index < -0.39 is 0 Å². The Morgan fingerprint density at radius 3 is 2.18 bits per heavy atom. The van der Waals surface area contributed by atoms with Crippen LogP contribution in [0.4, 0.5) is 0 Å². The Labute approximate surface area is 69.3 Å². The molecule has 0 bridgehead atoms. The molecule has 0 radical (unpaired) electrons. The van der Waals surface area contributed by atoms with Crippen LogP contribution in [0.15, 0.2) is 0 Å². The topological polar surface area (TPSA) is 21.3 Å². The highest BCUT2D eigenvalue weighted by Gasteiger charge is 2.43. The SMILES string of the molecule is CC1CNC(C)(C(C)(C)C)O1. The highest BCUT2D eigenvalue weighted by atomic mass is 16.5. The molecule has 1 aliphatic heterocycles. The lowest BCUT2D eigenvalue weighted by molar-refractivity contribution is -0.101. The van der Waals surface area contributed by atoms with E-state index in [1.807, 2.05) is 0 Å². The maximum Gasteiger partial charge on any atom is 0.121 e. The molecule has 2 heteroatoms. The lowest BCUT2D eigenvalue weighted by atomic mass is 9.84. The molecule has 0 spiro atoms. The highest BCUT2D eigenvalue weighted by molar-refractivity contribution is 4.91. The van der Waals surface area contributed by atoms with Crippen molar-refractivity contribution in [1.82, 2.24) is 5.32 Å². The predicted octanol–water partition coefficient (Wildman–Crippen LogP) is 1.76. The van der Waals surface area contributed by atoms with Gasteiger partial charge in [0, 0.05) is 12.0 Å². The standard InChI is InChI=1S/C9H19NO/c1-7-6-10-9(5,11-7)8(2,3)4/h7,10H,6H2,1-5H3. The van der Waals surface area contributed by atoms with E-state index in [1.54, 1.807) is 0 Å². The van der Waals surface area contributed by atoms with E-state index >= 15 is 0 Å². The molecule has 1 saturated heterocycles. The second-order valence-electron chi connectivity index (χ2n) is 4.59. The van der Waals surface area contributed by atoms with Crippen LogP contribution in [0.1, 0.15) is 34.6 Å². The molecule has 2 atom stereocenters. The van der Waals surface area contributed by atoms with Crippen molar-refractivity contribution in [1.29, 1.82) is 0 Å². The molecule has 0 aromatic carbocycles. The van der Waals surface area contributed by atoms with Crippen LogP contribution >= 0.6 is 0 Å². The summed E-state index contributed by atoms with van der Waals surface area (Å²) in [4.78, 5) is 0. The summed E-state index contributed by atoms with van der Waals surface area (Å²) in [7, 11) is 0. The second kappa shape index (κ2) is 2.46. The van der Waals surface area contributed by atoms with Crippen LogP contribution in [-0.4, -0.2) is 18.4 Å². The molecule has 0 amide bonds. The first kappa shape index (κ1) is 9.01. The Bertz CT molecular complexity index is 150. The molecule has 1 heterocycles. The average Bonchev–Trinajstić information content (AvgIpc) is 2.10. The van der Waals surface area contributed by atoms with Gasteiger partial charge in [0.2, 0.25) is 0 Å². The third kappa shape index (κ3) is 1.57. The summed E-state index contributed by atoms with van der Waals surface area (Å²) in [6.45, 7) is 11.8. The van der Waals surface area contributed by atoms with Gasteiger partial charge < -0.3 is 4.74 Å². The van der Waals surface area contributed by atoms with Crippen LogP contribution in [0.2, 0.25) is 0 Å². The van der Waals surface area contributed by atoms with E-state index in [0.717, 1.165) is 6.54 Å². The van der Waals surface area contributed by atoms with Gasteiger partial charge in [-0.25, -0.2) is 0 Å². The highest BCUT2D eigenvalue weighted by Crippen LogP contribution is 2.34. The molecular weight excluding hydrogens is 138 g/mol. The van der Waals surface area contributed by atoms with Gasteiger partial charge in [0.15, 0.2) is 0 Å². The Hall–Kier alpha value is -0.0800. The number of nitrogens with one attached hydrogen (secondary N) is 1. The predicted molar refractivity (Wildman–Crippen MR) is 46.4 cm³/mol. The van der Waals surface area contributed by atoms with Crippen LogP contribution in [0.3, 0.4) is 0 Å². The zero-order valence-electron chi connectivity index (χ0n) is 8.19. The van der Waals surface area contributed by atoms with Crippen molar-refractivity contribution in [2.75, 3.05) is 6.54 Å². The van der Waals surface area contributed by atoms with E-state index in [0.29, 0.717) is 6.10 Å². The Kier molecular flexibility index (Phi) is 2.01. The largest absolute Gasteiger partial charge is 0.356 e. The van der Waals surface area contributed by atoms with Gasteiger partial charge in [-0.2, -0.15) is 0 Å². The third-order valence-electron chi connectivity index (χ3n) is 2.59. The van der Waals surface area contributed by atoms with Gasteiger partial charge in [-0.15, -0.1) is 0 Å². The van der Waals surface area contributed by atoms with Gasteiger partial charge >= 0.3 is 0 Å². The average molecular weight is 157 g/mol. The third-order valence-corrected chi connectivity index (χ3v) is 2.59. The first-order chi connectivity index (χ1) is 4.85. The lowest BCUT2D eigenvalue weighted by Gasteiger charge is -2.37.